The van der Waals surface area contributed by atoms with Gasteiger partial charge in [-0.15, -0.1) is 11.3 Å². The molecule has 0 aliphatic rings. The highest BCUT2D eigenvalue weighted by Gasteiger charge is 2.04. The van der Waals surface area contributed by atoms with E-state index in [-0.39, 0.29) is 0 Å². The van der Waals surface area contributed by atoms with Gasteiger partial charge >= 0.3 is 0 Å². The van der Waals surface area contributed by atoms with Crippen molar-refractivity contribution in [2.24, 2.45) is 0 Å². The van der Waals surface area contributed by atoms with Crippen LogP contribution in [0.1, 0.15) is 16.4 Å². The van der Waals surface area contributed by atoms with Crippen molar-refractivity contribution in [3.05, 3.63) is 45.0 Å². The molecule has 0 fully saturated rings. The molecular weight excluding hydrogens is 280 g/mol. The van der Waals surface area contributed by atoms with Gasteiger partial charge in [0.1, 0.15) is 11.5 Å². The molecular formula is C14H19ClN2OS. The minimum atomic E-state index is 0.848. The Kier molecular flexibility index (Phi) is 5.45. The molecule has 19 heavy (non-hydrogen) atoms. The fourth-order valence-electron chi connectivity index (χ4n) is 1.84. The predicted octanol–water partition coefficient (Wildman–Crippen LogP) is 3.52. The van der Waals surface area contributed by atoms with E-state index >= 15 is 0 Å². The first-order valence-corrected chi connectivity index (χ1v) is 7.52. The van der Waals surface area contributed by atoms with Gasteiger partial charge in [-0.2, -0.15) is 0 Å². The van der Waals surface area contributed by atoms with Gasteiger partial charge in [0.2, 0.25) is 0 Å². The van der Waals surface area contributed by atoms with Crippen molar-refractivity contribution in [3.63, 3.8) is 0 Å². The molecule has 0 bridgehead atoms. The first kappa shape index (κ1) is 14.6. The highest BCUT2D eigenvalue weighted by atomic mass is 35.5. The molecule has 3 nitrogen and oxygen atoms in total. The summed E-state index contributed by atoms with van der Waals surface area (Å²) in [7, 11) is 2.10. The Bertz CT molecular complexity index is 509. The maximum absolute atomic E-state index is 5.89. The van der Waals surface area contributed by atoms with E-state index in [1.165, 1.54) is 4.88 Å². The van der Waals surface area contributed by atoms with Crippen LogP contribution in [-0.4, -0.2) is 25.0 Å². The Morgan fingerprint density at radius 3 is 2.79 bits per heavy atom. The maximum Gasteiger partial charge on any atom is 0.118 e. The number of nitrogens with one attached hydrogen (secondary N) is 1. The molecule has 0 saturated heterocycles. The second-order valence-electron chi connectivity index (χ2n) is 4.63. The fourth-order valence-corrected chi connectivity index (χ4v) is 2.90. The van der Waals surface area contributed by atoms with E-state index in [4.69, 9.17) is 16.0 Å². The minimum absolute atomic E-state index is 0.848. The number of hydrogen-bond donors (Lipinski definition) is 1. The van der Waals surface area contributed by atoms with Gasteiger partial charge in [0.25, 0.3) is 0 Å². The van der Waals surface area contributed by atoms with Crippen LogP contribution in [0, 0.1) is 6.92 Å². The lowest BCUT2D eigenvalue weighted by atomic mass is 10.4. The Morgan fingerprint density at radius 2 is 2.16 bits per heavy atom. The summed E-state index contributed by atoms with van der Waals surface area (Å²) in [5.74, 6) is 1.99. The van der Waals surface area contributed by atoms with Gasteiger partial charge in [-0.05, 0) is 38.2 Å². The quantitative estimate of drug-likeness (QED) is 0.793. The van der Waals surface area contributed by atoms with E-state index in [2.05, 4.69) is 23.3 Å². The van der Waals surface area contributed by atoms with Gasteiger partial charge in [-0.1, -0.05) is 11.6 Å². The maximum atomic E-state index is 5.89. The van der Waals surface area contributed by atoms with Gasteiger partial charge in [0.05, 0.1) is 10.9 Å². The largest absolute Gasteiger partial charge is 0.465 e. The summed E-state index contributed by atoms with van der Waals surface area (Å²) >= 11 is 7.51. The number of aryl methyl sites for hydroxylation is 1. The number of nitrogens with zero attached hydrogens (tertiary/aromatic N) is 1. The van der Waals surface area contributed by atoms with Crippen LogP contribution < -0.4 is 5.32 Å². The average Bonchev–Trinajstić information content (AvgIpc) is 2.94. The van der Waals surface area contributed by atoms with Crippen molar-refractivity contribution in [1.82, 2.24) is 10.2 Å². The molecule has 0 atom stereocenters. The normalized spacial score (nSPS) is 11.4. The molecule has 2 aromatic rings. The minimum Gasteiger partial charge on any atom is -0.465 e. The molecule has 0 aliphatic heterocycles. The number of likely N-dealkylation sites (N-methyl/N-ethyl adjacent to an activating group) is 1. The number of furan rings is 1. The molecule has 0 unspecified atom stereocenters. The van der Waals surface area contributed by atoms with E-state index in [0.29, 0.717) is 0 Å². The second kappa shape index (κ2) is 7.10. The van der Waals surface area contributed by atoms with Crippen molar-refractivity contribution in [2.45, 2.75) is 20.0 Å². The highest BCUT2D eigenvalue weighted by Crippen LogP contribution is 2.20. The SMILES string of the molecule is Cc1ccc(CN(C)CCNCc2ccc(Cl)s2)o1. The van der Waals surface area contributed by atoms with Crippen LogP contribution in [0.15, 0.2) is 28.7 Å². The zero-order chi connectivity index (χ0) is 13.7. The average molecular weight is 299 g/mol. The Hall–Kier alpha value is -0.810. The first-order valence-electron chi connectivity index (χ1n) is 6.32. The van der Waals surface area contributed by atoms with Crippen LogP contribution in [0.25, 0.3) is 0 Å². The molecule has 5 heteroatoms. The summed E-state index contributed by atoms with van der Waals surface area (Å²) in [6.07, 6.45) is 0. The third-order valence-corrected chi connectivity index (χ3v) is 4.05. The van der Waals surface area contributed by atoms with Crippen LogP contribution in [0.4, 0.5) is 0 Å². The highest BCUT2D eigenvalue weighted by molar-refractivity contribution is 7.16. The topological polar surface area (TPSA) is 28.4 Å². The Balaban J connectivity index is 1.62. The van der Waals surface area contributed by atoms with E-state index in [1.807, 2.05) is 25.1 Å². The molecule has 0 spiro atoms. The summed E-state index contributed by atoms with van der Waals surface area (Å²) in [5, 5.41) is 3.42. The van der Waals surface area contributed by atoms with Crippen LogP contribution >= 0.6 is 22.9 Å². The first-order chi connectivity index (χ1) is 9.13. The van der Waals surface area contributed by atoms with Crippen LogP contribution in [0.2, 0.25) is 4.34 Å². The lowest BCUT2D eigenvalue weighted by Crippen LogP contribution is -2.28. The van der Waals surface area contributed by atoms with Crippen LogP contribution in [0.3, 0.4) is 0 Å². The fraction of sp³-hybridized carbons (Fsp3) is 0.429. The summed E-state index contributed by atoms with van der Waals surface area (Å²) < 4.78 is 6.41. The lowest BCUT2D eigenvalue weighted by molar-refractivity contribution is 0.291. The predicted molar refractivity (Wildman–Crippen MR) is 80.8 cm³/mol. The van der Waals surface area contributed by atoms with Gasteiger partial charge < -0.3 is 9.73 Å². The molecule has 104 valence electrons. The van der Waals surface area contributed by atoms with E-state index in [9.17, 15) is 0 Å². The molecule has 0 radical (unpaired) electrons. The molecule has 2 rings (SSSR count). The lowest BCUT2D eigenvalue weighted by Gasteiger charge is -2.15. The second-order valence-corrected chi connectivity index (χ2v) is 6.43. The van der Waals surface area contributed by atoms with Gasteiger partial charge in [-0.25, -0.2) is 0 Å². The molecule has 0 saturated carbocycles. The number of rotatable bonds is 7. The number of halogens is 1. The van der Waals surface area contributed by atoms with Gasteiger partial charge in [-0.3, -0.25) is 4.90 Å². The van der Waals surface area contributed by atoms with E-state index in [0.717, 1.165) is 42.0 Å². The standard InChI is InChI=1S/C14H19ClN2OS/c1-11-3-4-12(18-11)10-17(2)8-7-16-9-13-5-6-14(15)19-13/h3-6,16H,7-10H2,1-2H3. The van der Waals surface area contributed by atoms with E-state index in [1.54, 1.807) is 11.3 Å². The van der Waals surface area contributed by atoms with Crippen molar-refractivity contribution < 1.29 is 4.42 Å². The molecule has 2 aromatic heterocycles. The summed E-state index contributed by atoms with van der Waals surface area (Å²) in [6, 6.07) is 8.04. The molecule has 2 heterocycles. The number of hydrogen-bond acceptors (Lipinski definition) is 4. The van der Waals surface area contributed by atoms with E-state index < -0.39 is 0 Å². The van der Waals surface area contributed by atoms with Crippen molar-refractivity contribution >= 4 is 22.9 Å². The molecule has 0 aromatic carbocycles. The summed E-state index contributed by atoms with van der Waals surface area (Å²) in [4.78, 5) is 3.52. The Morgan fingerprint density at radius 1 is 1.32 bits per heavy atom. The van der Waals surface area contributed by atoms with Crippen LogP contribution in [0.5, 0.6) is 0 Å². The third-order valence-electron chi connectivity index (χ3n) is 2.82. The zero-order valence-electron chi connectivity index (χ0n) is 11.3. The van der Waals surface area contributed by atoms with Gasteiger partial charge in [0, 0.05) is 24.5 Å². The van der Waals surface area contributed by atoms with Crippen LogP contribution in [-0.2, 0) is 13.1 Å². The third kappa shape index (κ3) is 4.99. The summed E-state index contributed by atoms with van der Waals surface area (Å²) in [6.45, 7) is 5.63. The Labute approximate surface area is 123 Å². The number of thiophene rings is 1. The molecule has 0 aliphatic carbocycles. The smallest absolute Gasteiger partial charge is 0.118 e. The molecule has 0 amide bonds. The van der Waals surface area contributed by atoms with Crippen molar-refractivity contribution in [1.29, 1.82) is 0 Å². The van der Waals surface area contributed by atoms with Gasteiger partial charge in [0.15, 0.2) is 0 Å². The molecule has 1 N–H and O–H groups in total. The van der Waals surface area contributed by atoms with Crippen molar-refractivity contribution in [3.8, 4) is 0 Å². The van der Waals surface area contributed by atoms with Crippen molar-refractivity contribution in [2.75, 3.05) is 20.1 Å². The zero-order valence-corrected chi connectivity index (χ0v) is 12.9. The summed E-state index contributed by atoms with van der Waals surface area (Å²) in [5.41, 5.74) is 0. The monoisotopic (exact) mass is 298 g/mol.